The van der Waals surface area contributed by atoms with Crippen molar-refractivity contribution in [2.24, 2.45) is 0 Å². The SMILES string of the molecule is COC(=O)c1ccc(/C=C/c2ccc3c(c2)CCN3c2ccc3c(c2)c2ccccc2n3-c2ccccc2)[n+](CCCS(=O)(=O)[O-])c1. The minimum atomic E-state index is -4.33. The summed E-state index contributed by atoms with van der Waals surface area (Å²) in [6.45, 7) is 1.14. The number of aryl methyl sites for hydroxylation is 1. The molecule has 8 nitrogen and oxygen atoms in total. The van der Waals surface area contributed by atoms with Gasteiger partial charge in [0.2, 0.25) is 5.69 Å². The van der Waals surface area contributed by atoms with E-state index in [1.807, 2.05) is 18.2 Å². The molecule has 0 fully saturated rings. The van der Waals surface area contributed by atoms with Crippen LogP contribution in [0.15, 0.2) is 109 Å². The first-order valence-corrected chi connectivity index (χ1v) is 17.1. The molecule has 0 atom stereocenters. The van der Waals surface area contributed by atoms with Crippen molar-refractivity contribution in [1.29, 1.82) is 0 Å². The summed E-state index contributed by atoms with van der Waals surface area (Å²) in [5.74, 6) is -0.968. The summed E-state index contributed by atoms with van der Waals surface area (Å²) >= 11 is 0. The summed E-state index contributed by atoms with van der Waals surface area (Å²) in [5.41, 5.74) is 9.23. The number of anilines is 2. The maximum Gasteiger partial charge on any atom is 0.343 e. The van der Waals surface area contributed by atoms with Crippen molar-refractivity contribution in [1.82, 2.24) is 4.57 Å². The van der Waals surface area contributed by atoms with Gasteiger partial charge in [0.05, 0.1) is 28.3 Å². The lowest BCUT2D eigenvalue weighted by molar-refractivity contribution is -0.698. The predicted octanol–water partition coefficient (Wildman–Crippen LogP) is 6.66. The Labute approximate surface area is 273 Å². The molecule has 47 heavy (non-hydrogen) atoms. The van der Waals surface area contributed by atoms with E-state index in [0.29, 0.717) is 5.56 Å². The Morgan fingerprint density at radius 2 is 1.66 bits per heavy atom. The van der Waals surface area contributed by atoms with Gasteiger partial charge in [0.25, 0.3) is 0 Å². The normalized spacial score (nSPS) is 13.1. The number of carbonyl (C=O) groups is 1. The Morgan fingerprint density at radius 3 is 2.47 bits per heavy atom. The molecule has 1 aliphatic rings. The van der Waals surface area contributed by atoms with Gasteiger partial charge in [-0.25, -0.2) is 13.2 Å². The van der Waals surface area contributed by atoms with Gasteiger partial charge in [-0.2, -0.15) is 4.57 Å². The number of fused-ring (bicyclic) bond motifs is 4. The van der Waals surface area contributed by atoms with Crippen LogP contribution in [0.2, 0.25) is 0 Å². The lowest BCUT2D eigenvalue weighted by Crippen LogP contribution is -2.38. The first kappa shape index (κ1) is 30.4. The van der Waals surface area contributed by atoms with Gasteiger partial charge in [0.1, 0.15) is 12.1 Å². The summed E-state index contributed by atoms with van der Waals surface area (Å²) < 4.78 is 42.4. The Hall–Kier alpha value is -5.25. The molecule has 0 amide bonds. The van der Waals surface area contributed by atoms with Crippen LogP contribution in [0.25, 0.3) is 39.6 Å². The van der Waals surface area contributed by atoms with Crippen LogP contribution in [0.1, 0.15) is 33.6 Å². The minimum absolute atomic E-state index is 0.134. The molecule has 6 aromatic rings. The largest absolute Gasteiger partial charge is 0.748 e. The number of para-hydroxylation sites is 2. The van der Waals surface area contributed by atoms with Crippen LogP contribution in [0.3, 0.4) is 0 Å². The second-order valence-corrected chi connectivity index (χ2v) is 13.2. The highest BCUT2D eigenvalue weighted by molar-refractivity contribution is 7.85. The molecular formula is C38H33N3O5S. The second-order valence-electron chi connectivity index (χ2n) is 11.7. The average Bonchev–Trinajstić information content (AvgIpc) is 3.65. The highest BCUT2D eigenvalue weighted by Crippen LogP contribution is 2.39. The fourth-order valence-electron chi connectivity index (χ4n) is 6.51. The first-order valence-electron chi connectivity index (χ1n) is 15.5. The number of aromatic nitrogens is 2. The predicted molar refractivity (Wildman–Crippen MR) is 184 cm³/mol. The van der Waals surface area contributed by atoms with E-state index < -0.39 is 21.8 Å². The van der Waals surface area contributed by atoms with Crippen LogP contribution < -0.4 is 9.47 Å². The van der Waals surface area contributed by atoms with Gasteiger partial charge in [0, 0.05) is 58.7 Å². The standard InChI is InChI=1S/C38H33N3O5S/c1-46-38(42)29-14-16-30(39(26-29)21-7-23-47(43,44)45)15-12-27-13-18-35-28(24-27)20-22-40(35)32-17-19-37-34(25-32)33-10-5-6-11-36(33)41(37)31-8-3-2-4-9-31/h2-6,8-19,24-26H,7,20-23H2,1H3. The second kappa shape index (κ2) is 12.5. The van der Waals surface area contributed by atoms with Crippen molar-refractivity contribution >= 4 is 61.4 Å². The number of esters is 1. The number of carbonyl (C=O) groups excluding carboxylic acids is 1. The summed E-state index contributed by atoms with van der Waals surface area (Å²) in [5, 5.41) is 2.44. The van der Waals surface area contributed by atoms with Crippen molar-refractivity contribution in [3.8, 4) is 5.69 Å². The molecule has 3 heterocycles. The van der Waals surface area contributed by atoms with Gasteiger partial charge < -0.3 is 18.8 Å². The lowest BCUT2D eigenvalue weighted by Gasteiger charge is -2.20. The summed E-state index contributed by atoms with van der Waals surface area (Å²) in [4.78, 5) is 14.5. The molecule has 0 unspecified atom stereocenters. The minimum Gasteiger partial charge on any atom is -0.748 e. The average molecular weight is 644 g/mol. The third kappa shape index (κ3) is 6.15. The number of ether oxygens (including phenoxy) is 1. The third-order valence-corrected chi connectivity index (χ3v) is 9.49. The topological polar surface area (TPSA) is 95.6 Å². The van der Waals surface area contributed by atoms with Gasteiger partial charge in [-0.15, -0.1) is 0 Å². The Kier molecular flexibility index (Phi) is 8.09. The summed E-state index contributed by atoms with van der Waals surface area (Å²) in [6, 6.07) is 35.6. The van der Waals surface area contributed by atoms with Crippen LogP contribution in [0, 0.1) is 0 Å². The van der Waals surface area contributed by atoms with Crippen molar-refractivity contribution in [2.45, 2.75) is 19.4 Å². The van der Waals surface area contributed by atoms with Crippen LogP contribution in [-0.2, 0) is 27.8 Å². The van der Waals surface area contributed by atoms with Crippen molar-refractivity contribution in [3.63, 3.8) is 0 Å². The molecule has 0 bridgehead atoms. The van der Waals surface area contributed by atoms with E-state index in [-0.39, 0.29) is 13.0 Å². The maximum atomic E-state index is 12.1. The summed E-state index contributed by atoms with van der Waals surface area (Å²) in [7, 11) is -3.03. The highest BCUT2D eigenvalue weighted by atomic mass is 32.2. The molecule has 0 aliphatic carbocycles. The van der Waals surface area contributed by atoms with E-state index in [4.69, 9.17) is 4.74 Å². The lowest BCUT2D eigenvalue weighted by atomic mass is 10.1. The molecule has 7 rings (SSSR count). The van der Waals surface area contributed by atoms with Gasteiger partial charge in [-0.05, 0) is 78.2 Å². The Balaban J connectivity index is 1.17. The zero-order valence-corrected chi connectivity index (χ0v) is 26.7. The van der Waals surface area contributed by atoms with E-state index in [1.54, 1.807) is 22.9 Å². The summed E-state index contributed by atoms with van der Waals surface area (Å²) in [6.07, 6.45) is 6.60. The van der Waals surface area contributed by atoms with Gasteiger partial charge in [-0.1, -0.05) is 42.5 Å². The fourth-order valence-corrected chi connectivity index (χ4v) is 6.99. The third-order valence-electron chi connectivity index (χ3n) is 8.70. The molecule has 2 aromatic heterocycles. The van der Waals surface area contributed by atoms with E-state index >= 15 is 0 Å². The maximum absolute atomic E-state index is 12.1. The van der Waals surface area contributed by atoms with E-state index in [0.717, 1.165) is 35.6 Å². The number of nitrogens with zero attached hydrogens (tertiary/aromatic N) is 3. The van der Waals surface area contributed by atoms with E-state index in [1.165, 1.54) is 40.2 Å². The van der Waals surface area contributed by atoms with Gasteiger partial charge in [0.15, 0.2) is 6.20 Å². The molecule has 0 saturated carbocycles. The Bertz CT molecular complexity index is 2280. The molecule has 4 aromatic carbocycles. The Morgan fingerprint density at radius 1 is 0.872 bits per heavy atom. The molecular weight excluding hydrogens is 611 g/mol. The molecule has 0 N–H and O–H groups in total. The van der Waals surface area contributed by atoms with Crippen LogP contribution in [-0.4, -0.2) is 42.9 Å². The van der Waals surface area contributed by atoms with E-state index in [9.17, 15) is 17.8 Å². The van der Waals surface area contributed by atoms with Crippen molar-refractivity contribution in [2.75, 3.05) is 24.3 Å². The van der Waals surface area contributed by atoms with Crippen molar-refractivity contribution < 1.29 is 27.1 Å². The zero-order valence-electron chi connectivity index (χ0n) is 25.9. The molecule has 236 valence electrons. The zero-order chi connectivity index (χ0) is 32.5. The monoisotopic (exact) mass is 643 g/mol. The molecule has 0 spiro atoms. The molecule has 9 heteroatoms. The molecule has 0 radical (unpaired) electrons. The fraction of sp³-hybridized carbons (Fsp3) is 0.158. The highest BCUT2D eigenvalue weighted by Gasteiger charge is 2.22. The van der Waals surface area contributed by atoms with Gasteiger partial charge in [-0.3, -0.25) is 0 Å². The number of benzene rings is 4. The first-order chi connectivity index (χ1) is 22.8. The van der Waals surface area contributed by atoms with E-state index in [2.05, 4.69) is 94.4 Å². The van der Waals surface area contributed by atoms with Gasteiger partial charge >= 0.3 is 5.97 Å². The molecule has 0 saturated heterocycles. The quantitative estimate of drug-likeness (QED) is 0.0994. The number of hydrogen-bond acceptors (Lipinski definition) is 6. The number of methoxy groups -OCH3 is 1. The molecule has 1 aliphatic heterocycles. The van der Waals surface area contributed by atoms with Crippen LogP contribution >= 0.6 is 0 Å². The smallest absolute Gasteiger partial charge is 0.343 e. The number of hydrogen-bond donors (Lipinski definition) is 0. The van der Waals surface area contributed by atoms with Crippen LogP contribution in [0.4, 0.5) is 11.4 Å². The number of rotatable bonds is 9. The van der Waals surface area contributed by atoms with Crippen LogP contribution in [0.5, 0.6) is 0 Å². The van der Waals surface area contributed by atoms with Crippen molar-refractivity contribution in [3.05, 3.63) is 132 Å². The number of pyridine rings is 1.